The number of carbonyl (C=O) groups is 2. The van der Waals surface area contributed by atoms with Crippen LogP contribution in [-0.2, 0) is 34.2 Å². The predicted molar refractivity (Wildman–Crippen MR) is 93.2 cm³/mol. The van der Waals surface area contributed by atoms with Gasteiger partial charge in [0.25, 0.3) is 0 Å². The molecule has 0 aliphatic rings. The van der Waals surface area contributed by atoms with E-state index in [9.17, 15) is 29.8 Å². The van der Waals surface area contributed by atoms with E-state index in [-0.39, 0.29) is 29.7 Å². The summed E-state index contributed by atoms with van der Waals surface area (Å²) in [6, 6.07) is -2.61. The molecule has 2 atom stereocenters. The smallest absolute Gasteiger partial charge is 0.412 e. The van der Waals surface area contributed by atoms with Crippen molar-refractivity contribution in [3.8, 4) is 0 Å². The van der Waals surface area contributed by atoms with E-state index in [2.05, 4.69) is 19.7 Å². The normalized spacial score (nSPS) is 12.5. The van der Waals surface area contributed by atoms with Crippen LogP contribution in [0.1, 0.15) is 11.4 Å². The van der Waals surface area contributed by atoms with Crippen molar-refractivity contribution < 1.29 is 29.6 Å². The molecule has 0 spiro atoms. The minimum atomic E-state index is -1.31. The molecule has 0 aliphatic carbocycles. The zero-order valence-corrected chi connectivity index (χ0v) is 15.0. The first kappa shape index (κ1) is 23.3. The van der Waals surface area contributed by atoms with Crippen molar-refractivity contribution in [3.63, 3.8) is 0 Å². The Bertz CT molecular complexity index is 922. The molecule has 16 nitrogen and oxygen atoms in total. The maximum absolute atomic E-state index is 11.9. The van der Waals surface area contributed by atoms with Gasteiger partial charge in [0, 0.05) is 12.8 Å². The third kappa shape index (κ3) is 5.86. The summed E-state index contributed by atoms with van der Waals surface area (Å²) in [7, 11) is 1.40. The number of hydrogen-bond acceptors (Lipinski definition) is 11. The van der Waals surface area contributed by atoms with Crippen LogP contribution in [0.3, 0.4) is 0 Å². The second-order valence-corrected chi connectivity index (χ2v) is 5.75. The monoisotopic (exact) mass is 414 g/mol. The van der Waals surface area contributed by atoms with Gasteiger partial charge >= 0.3 is 23.8 Å². The lowest BCUT2D eigenvalue weighted by atomic mass is 10.1. The molecule has 2 aromatic rings. The Kier molecular flexibility index (Phi) is 7.58. The van der Waals surface area contributed by atoms with Gasteiger partial charge in [-0.3, -0.25) is 0 Å². The number of aromatic nitrogens is 4. The molecule has 1 unspecified atom stereocenters. The van der Waals surface area contributed by atoms with Gasteiger partial charge in [-0.25, -0.2) is 19.1 Å². The highest BCUT2D eigenvalue weighted by atomic mass is 16.6. The van der Waals surface area contributed by atoms with E-state index in [1.165, 1.54) is 13.2 Å². The molecule has 16 heteroatoms. The molecule has 158 valence electrons. The zero-order valence-electron chi connectivity index (χ0n) is 15.0. The molecular weight excluding hydrogens is 396 g/mol. The average Bonchev–Trinajstić information content (AvgIpc) is 3.21. The summed E-state index contributed by atoms with van der Waals surface area (Å²) in [5.41, 5.74) is 11.6. The number of nitrogens with two attached hydrogens (primary N) is 2. The van der Waals surface area contributed by atoms with E-state index in [0.717, 1.165) is 10.8 Å². The molecular formula is C13H18N8O8. The van der Waals surface area contributed by atoms with Gasteiger partial charge in [-0.2, -0.15) is 0 Å². The highest BCUT2D eigenvalue weighted by Gasteiger charge is 2.27. The van der Waals surface area contributed by atoms with Gasteiger partial charge in [0.15, 0.2) is 5.69 Å². The first-order valence-corrected chi connectivity index (χ1v) is 7.70. The van der Waals surface area contributed by atoms with Gasteiger partial charge in [0.2, 0.25) is 0 Å². The Labute approximate surface area is 161 Å². The molecule has 2 heterocycles. The summed E-state index contributed by atoms with van der Waals surface area (Å²) < 4.78 is 5.74. The molecule has 0 radical (unpaired) electrons. The molecule has 0 saturated carbocycles. The largest absolute Gasteiger partial charge is 0.434 e. The number of ether oxygens (including phenoxy) is 1. The molecule has 0 saturated heterocycles. The third-order valence-corrected chi connectivity index (χ3v) is 3.53. The Hall–Kier alpha value is -3.76. The minimum Gasteiger partial charge on any atom is -0.412 e. The molecule has 0 bridgehead atoms. The highest BCUT2D eigenvalue weighted by Crippen LogP contribution is 2.11. The van der Waals surface area contributed by atoms with Crippen LogP contribution < -0.4 is 11.5 Å². The number of aromatic amines is 1. The number of nitrogens with one attached hydrogen (secondary N) is 1. The molecule has 0 aliphatic heterocycles. The van der Waals surface area contributed by atoms with Crippen molar-refractivity contribution in [2.24, 2.45) is 18.5 Å². The van der Waals surface area contributed by atoms with Crippen molar-refractivity contribution in [2.75, 3.05) is 0 Å². The Balaban J connectivity index is 0.00000420. The number of esters is 2. The van der Waals surface area contributed by atoms with Crippen LogP contribution in [0.15, 0.2) is 12.4 Å². The number of carbonyl (C=O) groups excluding carboxylic acids is 2. The van der Waals surface area contributed by atoms with Crippen molar-refractivity contribution in [1.82, 2.24) is 19.5 Å². The summed E-state index contributed by atoms with van der Waals surface area (Å²) in [5.74, 6) is -3.13. The van der Waals surface area contributed by atoms with E-state index in [4.69, 9.17) is 11.5 Å². The van der Waals surface area contributed by atoms with Gasteiger partial charge in [-0.15, -0.1) is 0 Å². The van der Waals surface area contributed by atoms with Crippen LogP contribution in [0.2, 0.25) is 0 Å². The number of H-pyrrole nitrogens is 1. The standard InChI is InChI=1S/C13H16N8O7.H2O/c1-19-5-7(18-13(19)21(26)27)3-9(15)11(23)28-10(22)8(14)2-6-4-16-12(17-6)20(24)25;/h4-5,8-9H,2-3,14-15H2,1H3,(H,16,17);1H2/t8-,9?;/m0./s1. The summed E-state index contributed by atoms with van der Waals surface area (Å²) >= 11 is 0. The second-order valence-electron chi connectivity index (χ2n) is 5.75. The summed E-state index contributed by atoms with van der Waals surface area (Å²) in [6.07, 6.45) is 2.07. The number of aryl methyl sites for hydroxylation is 1. The third-order valence-electron chi connectivity index (χ3n) is 3.53. The number of rotatable bonds is 8. The van der Waals surface area contributed by atoms with Gasteiger partial charge in [0.05, 0.1) is 7.05 Å². The summed E-state index contributed by atoms with van der Waals surface area (Å²) in [4.78, 5) is 53.2. The van der Waals surface area contributed by atoms with Crippen molar-refractivity contribution in [2.45, 2.75) is 24.9 Å². The minimum absolute atomic E-state index is 0. The van der Waals surface area contributed by atoms with E-state index >= 15 is 0 Å². The Morgan fingerprint density at radius 1 is 1.21 bits per heavy atom. The van der Waals surface area contributed by atoms with Gasteiger partial charge in [-0.1, -0.05) is 9.97 Å². The lowest BCUT2D eigenvalue weighted by Crippen LogP contribution is -2.41. The van der Waals surface area contributed by atoms with Crippen LogP contribution in [-0.4, -0.2) is 58.9 Å². The van der Waals surface area contributed by atoms with Gasteiger partial charge < -0.3 is 41.9 Å². The molecule has 0 fully saturated rings. The highest BCUT2D eigenvalue weighted by molar-refractivity contribution is 5.90. The Morgan fingerprint density at radius 3 is 2.28 bits per heavy atom. The molecule has 29 heavy (non-hydrogen) atoms. The fraction of sp³-hybridized carbons (Fsp3) is 0.385. The zero-order chi connectivity index (χ0) is 21.0. The van der Waals surface area contributed by atoms with Gasteiger partial charge in [0.1, 0.15) is 30.2 Å². The SMILES string of the molecule is Cn1cc(CC(N)C(=O)OC(=O)[C@@H](N)Cc2cnc([N+](=O)[O-])[nH]2)nc1[N+](=O)[O-].O. The number of hydrogen-bond donors (Lipinski definition) is 3. The predicted octanol–water partition coefficient (Wildman–Crippen LogP) is -2.36. The van der Waals surface area contributed by atoms with E-state index in [1.54, 1.807) is 0 Å². The average molecular weight is 414 g/mol. The van der Waals surface area contributed by atoms with Crippen molar-refractivity contribution in [1.29, 1.82) is 0 Å². The Morgan fingerprint density at radius 2 is 1.79 bits per heavy atom. The fourth-order valence-electron chi connectivity index (χ4n) is 2.21. The lowest BCUT2D eigenvalue weighted by Gasteiger charge is -2.11. The molecule has 0 amide bonds. The molecule has 0 aromatic carbocycles. The van der Waals surface area contributed by atoms with Gasteiger partial charge in [-0.05, 0) is 9.85 Å². The topological polar surface area (TPSA) is 260 Å². The second kappa shape index (κ2) is 9.44. The summed E-state index contributed by atoms with van der Waals surface area (Å²) in [6.45, 7) is 0. The lowest BCUT2D eigenvalue weighted by molar-refractivity contribution is -0.396. The van der Waals surface area contributed by atoms with Crippen LogP contribution in [0, 0.1) is 20.2 Å². The molecule has 7 N–H and O–H groups in total. The first-order chi connectivity index (χ1) is 13.1. The fourth-order valence-corrected chi connectivity index (χ4v) is 2.21. The maximum Gasteiger partial charge on any atom is 0.434 e. The van der Waals surface area contributed by atoms with Crippen molar-refractivity contribution in [3.05, 3.63) is 44.0 Å². The number of imidazole rings is 2. The van der Waals surface area contributed by atoms with E-state index in [1.807, 2.05) is 0 Å². The van der Waals surface area contributed by atoms with Crippen LogP contribution >= 0.6 is 0 Å². The molecule has 2 rings (SSSR count). The first-order valence-electron chi connectivity index (χ1n) is 7.70. The van der Waals surface area contributed by atoms with Crippen LogP contribution in [0.25, 0.3) is 0 Å². The molecule has 2 aromatic heterocycles. The quantitative estimate of drug-likeness (QED) is 0.178. The van der Waals surface area contributed by atoms with E-state index < -0.39 is 45.8 Å². The number of nitrogens with zero attached hydrogens (tertiary/aromatic N) is 5. The van der Waals surface area contributed by atoms with Crippen LogP contribution in [0.4, 0.5) is 11.9 Å². The van der Waals surface area contributed by atoms with E-state index in [0.29, 0.717) is 0 Å². The summed E-state index contributed by atoms with van der Waals surface area (Å²) in [5, 5.41) is 21.3. The number of nitro groups is 2. The van der Waals surface area contributed by atoms with Crippen molar-refractivity contribution >= 4 is 23.8 Å². The maximum atomic E-state index is 11.9. The van der Waals surface area contributed by atoms with Crippen LogP contribution in [0.5, 0.6) is 0 Å².